The maximum atomic E-state index is 6.27. The molecular weight excluding hydrogens is 1510 g/mol. The molecule has 5 heteroatoms. The quantitative estimate of drug-likeness (QED) is 0.139. The summed E-state index contributed by atoms with van der Waals surface area (Å²) in [5.74, 6) is 0. The molecule has 2 aliphatic carbocycles. The molecule has 0 bridgehead atoms. The maximum Gasteiger partial charge on any atom is 0.0754 e. The second kappa shape index (κ2) is 31.3. The summed E-state index contributed by atoms with van der Waals surface area (Å²) in [4.78, 5) is 7.20. The fourth-order valence-electron chi connectivity index (χ4n) is 19.8. The van der Waals surface area contributed by atoms with Crippen LogP contribution < -0.4 is 20.0 Å². The van der Waals surface area contributed by atoms with Gasteiger partial charge in [0.2, 0.25) is 0 Å². The number of fused-ring (bicyclic) bond motifs is 20. The molecule has 0 saturated carbocycles. The number of benzene rings is 20. The molecule has 0 fully saturated rings. The van der Waals surface area contributed by atoms with E-state index in [2.05, 4.69) is 469 Å². The van der Waals surface area contributed by atoms with Crippen LogP contribution in [-0.2, 0) is 10.8 Å². The first-order chi connectivity index (χ1) is 60.9. The van der Waals surface area contributed by atoms with E-state index in [1.807, 2.05) is 36.4 Å². The molecule has 20 aromatic rings. The Balaban J connectivity index is 0.000000125. The Bertz CT molecular complexity index is 7250. The van der Waals surface area contributed by atoms with Crippen molar-refractivity contribution in [2.75, 3.05) is 20.0 Å². The van der Waals surface area contributed by atoms with Crippen molar-refractivity contribution >= 4 is 95.7 Å². The third-order valence-electron chi connectivity index (χ3n) is 25.2. The molecule has 20 aromatic carbocycles. The number of nitrogens with zero attached hydrogens (tertiary/aromatic N) is 3. The number of rotatable bonds is 11. The molecular formula is C118H81ClN4. The molecule has 4 nitrogen and oxygen atoms in total. The summed E-state index contributed by atoms with van der Waals surface area (Å²) in [6.45, 7) is 0. The minimum atomic E-state index is -0.463. The van der Waals surface area contributed by atoms with E-state index in [4.69, 9.17) is 11.6 Å². The van der Waals surface area contributed by atoms with Gasteiger partial charge in [-0.1, -0.05) is 351 Å². The fraction of sp³-hybridized carbons (Fsp3) is 0.0169. The van der Waals surface area contributed by atoms with Crippen LogP contribution in [0.2, 0.25) is 5.02 Å². The van der Waals surface area contributed by atoms with Gasteiger partial charge in [-0.05, 0) is 278 Å². The molecule has 24 rings (SSSR count). The molecule has 0 unspecified atom stereocenters. The van der Waals surface area contributed by atoms with E-state index in [1.54, 1.807) is 0 Å². The summed E-state index contributed by atoms with van der Waals surface area (Å²) in [6, 6.07) is 175. The van der Waals surface area contributed by atoms with Gasteiger partial charge in [0.1, 0.15) is 0 Å². The highest BCUT2D eigenvalue weighted by atomic mass is 35.5. The van der Waals surface area contributed by atoms with Crippen molar-refractivity contribution in [3.05, 3.63) is 535 Å². The van der Waals surface area contributed by atoms with Crippen molar-refractivity contribution in [1.82, 2.24) is 0 Å². The van der Waals surface area contributed by atoms with Crippen molar-refractivity contribution in [3.63, 3.8) is 0 Å². The van der Waals surface area contributed by atoms with Gasteiger partial charge in [0.05, 0.1) is 33.6 Å². The van der Waals surface area contributed by atoms with Crippen LogP contribution in [0, 0.1) is 0 Å². The number of hydrogen-bond donors (Lipinski definition) is 1. The zero-order chi connectivity index (χ0) is 81.8. The van der Waals surface area contributed by atoms with E-state index in [-0.39, 0.29) is 0 Å². The van der Waals surface area contributed by atoms with Crippen molar-refractivity contribution in [2.24, 2.45) is 0 Å². The predicted molar refractivity (Wildman–Crippen MR) is 517 cm³/mol. The molecule has 580 valence electrons. The Labute approximate surface area is 723 Å². The van der Waals surface area contributed by atoms with Crippen molar-refractivity contribution in [2.45, 2.75) is 10.8 Å². The maximum absolute atomic E-state index is 6.27. The number of para-hydroxylation sites is 8. The van der Waals surface area contributed by atoms with Gasteiger partial charge in [-0.2, -0.15) is 0 Å². The largest absolute Gasteiger partial charge is 0.356 e. The number of nitrogens with one attached hydrogen (secondary N) is 1. The van der Waals surface area contributed by atoms with E-state index in [0.717, 1.165) is 50.2 Å². The number of anilines is 11. The van der Waals surface area contributed by atoms with E-state index in [9.17, 15) is 0 Å². The lowest BCUT2D eigenvalue weighted by Gasteiger charge is -2.45. The molecule has 2 spiro atoms. The van der Waals surface area contributed by atoms with Gasteiger partial charge < -0.3 is 20.0 Å². The van der Waals surface area contributed by atoms with Crippen molar-refractivity contribution in [1.29, 1.82) is 0 Å². The Morgan fingerprint density at radius 2 is 0.488 bits per heavy atom. The zero-order valence-corrected chi connectivity index (χ0v) is 68.2. The summed E-state index contributed by atoms with van der Waals surface area (Å²) >= 11 is 6.27. The lowest BCUT2D eigenvalue weighted by atomic mass is 9.64. The summed E-state index contributed by atoms with van der Waals surface area (Å²) in [5.41, 5.74) is 37.3. The predicted octanol–water partition coefficient (Wildman–Crippen LogP) is 32.2. The summed E-state index contributed by atoms with van der Waals surface area (Å²) in [7, 11) is 0. The van der Waals surface area contributed by atoms with Crippen LogP contribution in [0.4, 0.5) is 62.6 Å². The van der Waals surface area contributed by atoms with Gasteiger partial charge in [-0.25, -0.2) is 0 Å². The first-order valence-corrected chi connectivity index (χ1v) is 42.6. The first kappa shape index (κ1) is 73.8. The lowest BCUT2D eigenvalue weighted by Crippen LogP contribution is -2.36. The minimum absolute atomic E-state index is 0.428. The molecule has 2 heterocycles. The van der Waals surface area contributed by atoms with Crippen LogP contribution in [0.3, 0.4) is 0 Å². The molecule has 0 amide bonds. The number of hydrogen-bond acceptors (Lipinski definition) is 4. The van der Waals surface area contributed by atoms with Gasteiger partial charge >= 0.3 is 0 Å². The third-order valence-corrected chi connectivity index (χ3v) is 25.4. The average molecular weight is 1590 g/mol. The smallest absolute Gasteiger partial charge is 0.0754 e. The lowest BCUT2D eigenvalue weighted by molar-refractivity contribution is 0.753. The minimum Gasteiger partial charge on any atom is -0.356 e. The van der Waals surface area contributed by atoms with Crippen LogP contribution in [0.15, 0.2) is 485 Å². The van der Waals surface area contributed by atoms with Crippen molar-refractivity contribution in [3.8, 4) is 66.8 Å². The van der Waals surface area contributed by atoms with Gasteiger partial charge in [0, 0.05) is 44.8 Å². The normalized spacial score (nSPS) is 12.9. The van der Waals surface area contributed by atoms with Crippen LogP contribution in [0.25, 0.3) is 88.3 Å². The second-order valence-electron chi connectivity index (χ2n) is 32.0. The second-order valence-corrected chi connectivity index (χ2v) is 32.4. The van der Waals surface area contributed by atoms with Crippen LogP contribution >= 0.6 is 11.6 Å². The monoisotopic (exact) mass is 1590 g/mol. The Morgan fingerprint density at radius 3 is 0.943 bits per heavy atom. The molecule has 1 N–H and O–H groups in total. The van der Waals surface area contributed by atoms with Gasteiger partial charge in [0.25, 0.3) is 0 Å². The molecule has 2 aliphatic heterocycles. The summed E-state index contributed by atoms with van der Waals surface area (Å²) in [5, 5.41) is 8.90. The topological polar surface area (TPSA) is 21.8 Å². The molecule has 0 atom stereocenters. The first-order valence-electron chi connectivity index (χ1n) is 42.2. The van der Waals surface area contributed by atoms with Crippen LogP contribution in [0.1, 0.15) is 44.5 Å². The Hall–Kier alpha value is -15.6. The standard InChI is InChI=1S/C59H40N2.C41H26ClN.C18H15N/c1-4-16-41(17-5-1)42-30-34-49(35-31-42)60(47-18-6-2-7-19-47)50-36-32-44-38-43(28-29-45(44)39-50)46-33-37-54-52(40-46)51-22-10-11-23-53(51)59(54)55-24-12-14-26-57(55)61(48-20-8-3-9-21-48)58-27-15-13-25-56(58)59;42-31-22-20-28-24-27(18-19-29(28)25-31)30-21-23-36-34(26-30)33-12-4-5-13-35(33)41(36)37-14-6-8-16-39(37)43(32-10-2-1-3-11-32)40-17-9-7-15-38(40)41;1-3-7-15(8-4-1)16-11-13-18(14-12-16)19-17-9-5-2-6-10-17/h1-40H;1-26H;1-14,19H. The van der Waals surface area contributed by atoms with Gasteiger partial charge in [0.15, 0.2) is 0 Å². The molecule has 123 heavy (non-hydrogen) atoms. The van der Waals surface area contributed by atoms with E-state index in [0.29, 0.717) is 0 Å². The highest BCUT2D eigenvalue weighted by Gasteiger charge is 2.53. The van der Waals surface area contributed by atoms with Crippen LogP contribution in [0.5, 0.6) is 0 Å². The molecule has 0 saturated heterocycles. The Kier molecular flexibility index (Phi) is 18.8. The van der Waals surface area contributed by atoms with Gasteiger partial charge in [-0.3, -0.25) is 0 Å². The molecule has 4 aliphatic rings. The van der Waals surface area contributed by atoms with E-state index in [1.165, 1.54) is 150 Å². The van der Waals surface area contributed by atoms with Crippen LogP contribution in [-0.4, -0.2) is 0 Å². The molecule has 0 radical (unpaired) electrons. The fourth-order valence-corrected chi connectivity index (χ4v) is 19.9. The highest BCUT2D eigenvalue weighted by molar-refractivity contribution is 6.31. The summed E-state index contributed by atoms with van der Waals surface area (Å²) in [6.07, 6.45) is 0. The van der Waals surface area contributed by atoms with Crippen molar-refractivity contribution < 1.29 is 0 Å². The third kappa shape index (κ3) is 12.9. The van der Waals surface area contributed by atoms with Gasteiger partial charge in [-0.15, -0.1) is 0 Å². The SMILES string of the molecule is Clc1ccc2cc(-c3ccc4c(c3)-c3ccccc3C43c4ccccc4N(c4ccccc4)c4ccccc43)ccc2c1.c1ccc(-c2ccc(N(c3ccccc3)c3ccc4cc(-c5ccc6c(c5)-c5ccccc5C65c6ccccc6N(c6ccccc6)c6ccccc65)ccc4c3)cc2)cc1.c1ccc(Nc2ccc(-c3ccccc3)cc2)cc1. The Morgan fingerprint density at radius 1 is 0.195 bits per heavy atom. The van der Waals surface area contributed by atoms with E-state index < -0.39 is 10.8 Å². The average Bonchev–Trinajstić information content (AvgIpc) is 1.59. The summed E-state index contributed by atoms with van der Waals surface area (Å²) < 4.78 is 0. The number of halogens is 1. The molecule has 0 aromatic heterocycles. The highest BCUT2D eigenvalue weighted by Crippen LogP contribution is 2.66. The zero-order valence-electron chi connectivity index (χ0n) is 67.4. The van der Waals surface area contributed by atoms with E-state index >= 15 is 0 Å².